The zero-order chi connectivity index (χ0) is 11.8. The largest absolute Gasteiger partial charge is 0.327 e. The Balaban J connectivity index is 2.06. The van der Waals surface area contributed by atoms with Gasteiger partial charge in [-0.2, -0.15) is 5.10 Å². The number of hydrogen-bond acceptors (Lipinski definition) is 3. The van der Waals surface area contributed by atoms with Crippen LogP contribution in [-0.4, -0.2) is 20.8 Å². The van der Waals surface area contributed by atoms with E-state index in [1.54, 1.807) is 6.33 Å². The van der Waals surface area contributed by atoms with Crippen LogP contribution in [0.5, 0.6) is 0 Å². The monoisotopic (exact) mass is 222 g/mol. The van der Waals surface area contributed by atoms with Crippen LogP contribution in [0.25, 0.3) is 0 Å². The predicted octanol–water partition coefficient (Wildman–Crippen LogP) is 1.51. The molecule has 4 heteroatoms. The highest BCUT2D eigenvalue weighted by atomic mass is 15.3. The van der Waals surface area contributed by atoms with E-state index in [-0.39, 0.29) is 0 Å². The highest BCUT2D eigenvalue weighted by Gasteiger charge is 2.33. The van der Waals surface area contributed by atoms with Crippen LogP contribution in [-0.2, 0) is 13.5 Å². The SMILES string of the molecule is Cn1ncnc1CC1CC(C)(C)CCC1N. The predicted molar refractivity (Wildman–Crippen MR) is 63.8 cm³/mol. The molecular weight excluding hydrogens is 200 g/mol. The highest BCUT2D eigenvalue weighted by Crippen LogP contribution is 2.39. The van der Waals surface area contributed by atoms with Gasteiger partial charge in [-0.05, 0) is 30.6 Å². The average Bonchev–Trinajstić information content (AvgIpc) is 2.58. The van der Waals surface area contributed by atoms with E-state index < -0.39 is 0 Å². The van der Waals surface area contributed by atoms with Gasteiger partial charge in [-0.15, -0.1) is 0 Å². The number of aromatic nitrogens is 3. The Labute approximate surface area is 97.2 Å². The van der Waals surface area contributed by atoms with Crippen molar-refractivity contribution in [3.05, 3.63) is 12.2 Å². The summed E-state index contributed by atoms with van der Waals surface area (Å²) in [7, 11) is 1.95. The summed E-state index contributed by atoms with van der Waals surface area (Å²) in [5, 5.41) is 4.11. The molecule has 1 heterocycles. The lowest BCUT2D eigenvalue weighted by atomic mass is 9.69. The molecule has 1 aliphatic carbocycles. The Morgan fingerprint density at radius 3 is 2.94 bits per heavy atom. The Bertz CT molecular complexity index is 356. The molecule has 0 amide bonds. The summed E-state index contributed by atoms with van der Waals surface area (Å²) in [4.78, 5) is 4.29. The lowest BCUT2D eigenvalue weighted by molar-refractivity contribution is 0.155. The van der Waals surface area contributed by atoms with Gasteiger partial charge in [0, 0.05) is 19.5 Å². The minimum Gasteiger partial charge on any atom is -0.327 e. The minimum absolute atomic E-state index is 0.324. The summed E-state index contributed by atoms with van der Waals surface area (Å²) >= 11 is 0. The maximum absolute atomic E-state index is 6.21. The van der Waals surface area contributed by atoms with E-state index in [1.807, 2.05) is 11.7 Å². The smallest absolute Gasteiger partial charge is 0.138 e. The van der Waals surface area contributed by atoms with Crippen molar-refractivity contribution in [2.75, 3.05) is 0 Å². The third-order valence-corrected chi connectivity index (χ3v) is 3.82. The van der Waals surface area contributed by atoms with Gasteiger partial charge in [-0.1, -0.05) is 13.8 Å². The Hall–Kier alpha value is -0.900. The molecule has 0 spiro atoms. The van der Waals surface area contributed by atoms with Gasteiger partial charge >= 0.3 is 0 Å². The second-order valence-electron chi connectivity index (χ2n) is 5.83. The second-order valence-corrected chi connectivity index (χ2v) is 5.83. The molecule has 0 aromatic carbocycles. The first-order valence-electron chi connectivity index (χ1n) is 6.06. The summed E-state index contributed by atoms with van der Waals surface area (Å²) < 4.78 is 1.86. The van der Waals surface area contributed by atoms with Crippen LogP contribution in [0.15, 0.2) is 6.33 Å². The molecular formula is C12H22N4. The molecule has 1 fully saturated rings. The van der Waals surface area contributed by atoms with Crippen molar-refractivity contribution < 1.29 is 0 Å². The molecule has 1 saturated carbocycles. The van der Waals surface area contributed by atoms with Crippen molar-refractivity contribution in [1.29, 1.82) is 0 Å². The Morgan fingerprint density at radius 2 is 2.31 bits per heavy atom. The lowest BCUT2D eigenvalue weighted by Crippen LogP contribution is -2.40. The fourth-order valence-corrected chi connectivity index (χ4v) is 2.72. The molecule has 2 N–H and O–H groups in total. The van der Waals surface area contributed by atoms with E-state index in [9.17, 15) is 0 Å². The highest BCUT2D eigenvalue weighted by molar-refractivity contribution is 4.94. The first kappa shape index (κ1) is 11.6. The summed E-state index contributed by atoms with van der Waals surface area (Å²) in [6.07, 6.45) is 6.15. The number of hydrogen-bond donors (Lipinski definition) is 1. The normalized spacial score (nSPS) is 29.2. The zero-order valence-electron chi connectivity index (χ0n) is 10.5. The number of rotatable bonds is 2. The number of nitrogens with two attached hydrogens (primary N) is 1. The van der Waals surface area contributed by atoms with Crippen molar-refractivity contribution in [3.63, 3.8) is 0 Å². The van der Waals surface area contributed by atoms with E-state index >= 15 is 0 Å². The fourth-order valence-electron chi connectivity index (χ4n) is 2.72. The first-order valence-corrected chi connectivity index (χ1v) is 6.06. The third-order valence-electron chi connectivity index (χ3n) is 3.82. The van der Waals surface area contributed by atoms with Gasteiger partial charge < -0.3 is 5.73 Å². The Kier molecular flexibility index (Phi) is 3.02. The molecule has 16 heavy (non-hydrogen) atoms. The van der Waals surface area contributed by atoms with E-state index in [4.69, 9.17) is 5.73 Å². The van der Waals surface area contributed by atoms with Crippen LogP contribution in [0, 0.1) is 11.3 Å². The van der Waals surface area contributed by atoms with Crippen molar-refractivity contribution in [2.45, 2.75) is 45.6 Å². The van der Waals surface area contributed by atoms with Gasteiger partial charge in [0.15, 0.2) is 0 Å². The van der Waals surface area contributed by atoms with Crippen LogP contribution in [0.2, 0.25) is 0 Å². The average molecular weight is 222 g/mol. The molecule has 0 bridgehead atoms. The van der Waals surface area contributed by atoms with Gasteiger partial charge in [0.05, 0.1) is 0 Å². The van der Waals surface area contributed by atoms with Crippen molar-refractivity contribution in [2.24, 2.45) is 24.1 Å². The quantitative estimate of drug-likeness (QED) is 0.825. The van der Waals surface area contributed by atoms with Gasteiger partial charge in [0.2, 0.25) is 0 Å². The molecule has 1 aromatic rings. The van der Waals surface area contributed by atoms with Crippen LogP contribution in [0.1, 0.15) is 38.9 Å². The van der Waals surface area contributed by atoms with Crippen molar-refractivity contribution >= 4 is 0 Å². The molecule has 1 aromatic heterocycles. The molecule has 2 rings (SSSR count). The molecule has 0 aliphatic heterocycles. The molecule has 90 valence electrons. The third kappa shape index (κ3) is 2.43. The van der Waals surface area contributed by atoms with E-state index in [0.717, 1.165) is 18.7 Å². The number of aryl methyl sites for hydroxylation is 1. The minimum atomic E-state index is 0.324. The van der Waals surface area contributed by atoms with E-state index in [0.29, 0.717) is 17.4 Å². The summed E-state index contributed by atoms with van der Waals surface area (Å²) in [6, 6.07) is 0.324. The van der Waals surface area contributed by atoms with Gasteiger partial charge in [-0.25, -0.2) is 4.98 Å². The molecule has 2 atom stereocenters. The summed E-state index contributed by atoms with van der Waals surface area (Å²) in [5.41, 5.74) is 6.64. The standard InChI is InChI=1S/C12H22N4/c1-12(2)5-4-10(13)9(7-12)6-11-14-8-15-16(11)3/h8-10H,4-7,13H2,1-3H3. The maximum atomic E-state index is 6.21. The second kappa shape index (κ2) is 4.17. The molecule has 1 aliphatic rings. The van der Waals surface area contributed by atoms with Crippen LogP contribution in [0.4, 0.5) is 0 Å². The summed E-state index contributed by atoms with van der Waals surface area (Å²) in [5.74, 6) is 1.60. The van der Waals surface area contributed by atoms with E-state index in [1.165, 1.54) is 12.8 Å². The van der Waals surface area contributed by atoms with Crippen LogP contribution >= 0.6 is 0 Å². The van der Waals surface area contributed by atoms with Gasteiger partial charge in [-0.3, -0.25) is 4.68 Å². The van der Waals surface area contributed by atoms with Crippen LogP contribution in [0.3, 0.4) is 0 Å². The summed E-state index contributed by atoms with van der Waals surface area (Å²) in [6.45, 7) is 4.67. The van der Waals surface area contributed by atoms with Crippen molar-refractivity contribution in [1.82, 2.24) is 14.8 Å². The molecule has 0 saturated heterocycles. The topological polar surface area (TPSA) is 56.7 Å². The molecule has 2 unspecified atom stereocenters. The number of nitrogens with zero attached hydrogens (tertiary/aromatic N) is 3. The van der Waals surface area contributed by atoms with Crippen LogP contribution < -0.4 is 5.73 Å². The maximum Gasteiger partial charge on any atom is 0.138 e. The van der Waals surface area contributed by atoms with E-state index in [2.05, 4.69) is 23.9 Å². The lowest BCUT2D eigenvalue weighted by Gasteiger charge is -2.39. The zero-order valence-corrected chi connectivity index (χ0v) is 10.5. The van der Waals surface area contributed by atoms with Gasteiger partial charge in [0.1, 0.15) is 12.2 Å². The Morgan fingerprint density at radius 1 is 1.56 bits per heavy atom. The fraction of sp³-hybridized carbons (Fsp3) is 0.833. The van der Waals surface area contributed by atoms with Crippen molar-refractivity contribution in [3.8, 4) is 0 Å². The molecule has 0 radical (unpaired) electrons. The molecule has 4 nitrogen and oxygen atoms in total. The van der Waals surface area contributed by atoms with Gasteiger partial charge in [0.25, 0.3) is 0 Å². The first-order chi connectivity index (χ1) is 7.48.